The third-order valence-electron chi connectivity index (χ3n) is 3.82. The highest BCUT2D eigenvalue weighted by molar-refractivity contribution is 6.36. The van der Waals surface area contributed by atoms with Gasteiger partial charge >= 0.3 is 0 Å². The molecule has 1 aliphatic heterocycles. The second kappa shape index (κ2) is 5.67. The third-order valence-corrected chi connectivity index (χ3v) is 4.46. The molecule has 0 spiro atoms. The number of nitrogens with one attached hydrogen (secondary N) is 1. The van der Waals surface area contributed by atoms with Crippen LogP contribution >= 0.6 is 23.2 Å². The maximum Gasteiger partial charge on any atom is 0.0505 e. The lowest BCUT2D eigenvalue weighted by Gasteiger charge is -2.10. The quantitative estimate of drug-likeness (QED) is 0.756. The van der Waals surface area contributed by atoms with Crippen LogP contribution in [0.15, 0.2) is 36.4 Å². The molecule has 1 atom stereocenters. The van der Waals surface area contributed by atoms with Gasteiger partial charge in [0, 0.05) is 27.9 Å². The summed E-state index contributed by atoms with van der Waals surface area (Å²) in [6.07, 6.45) is 3.45. The highest BCUT2D eigenvalue weighted by atomic mass is 35.5. The van der Waals surface area contributed by atoms with Gasteiger partial charge < -0.3 is 5.32 Å². The first-order chi connectivity index (χ1) is 9.69. The van der Waals surface area contributed by atoms with Gasteiger partial charge in [0.2, 0.25) is 0 Å². The highest BCUT2D eigenvalue weighted by Gasteiger charge is 2.22. The SMILES string of the molecule is CCCC1Cc2cc(-c3ccccc3Cl)c(Cl)cc2N1. The summed E-state index contributed by atoms with van der Waals surface area (Å²) >= 11 is 12.7. The van der Waals surface area contributed by atoms with Crippen LogP contribution in [-0.2, 0) is 6.42 Å². The Morgan fingerprint density at radius 1 is 1.10 bits per heavy atom. The van der Waals surface area contributed by atoms with Crippen LogP contribution in [0.2, 0.25) is 10.0 Å². The van der Waals surface area contributed by atoms with Gasteiger partial charge in [-0.05, 0) is 36.6 Å². The predicted octanol–water partition coefficient (Wildman–Crippen LogP) is 5.80. The molecule has 0 fully saturated rings. The zero-order valence-electron chi connectivity index (χ0n) is 11.4. The van der Waals surface area contributed by atoms with Gasteiger partial charge in [-0.1, -0.05) is 54.7 Å². The van der Waals surface area contributed by atoms with E-state index in [0.717, 1.165) is 27.6 Å². The molecular formula is C17H17Cl2N. The molecule has 1 N–H and O–H groups in total. The van der Waals surface area contributed by atoms with E-state index in [0.29, 0.717) is 6.04 Å². The molecule has 0 saturated heterocycles. The molecular weight excluding hydrogens is 289 g/mol. The summed E-state index contributed by atoms with van der Waals surface area (Å²) in [6.45, 7) is 2.22. The molecule has 3 heteroatoms. The minimum Gasteiger partial charge on any atom is -0.382 e. The van der Waals surface area contributed by atoms with Crippen molar-refractivity contribution in [2.45, 2.75) is 32.2 Å². The van der Waals surface area contributed by atoms with Gasteiger partial charge in [0.25, 0.3) is 0 Å². The Labute approximate surface area is 129 Å². The molecule has 104 valence electrons. The van der Waals surface area contributed by atoms with E-state index in [1.54, 1.807) is 0 Å². The van der Waals surface area contributed by atoms with Crippen LogP contribution in [0.1, 0.15) is 25.3 Å². The van der Waals surface area contributed by atoms with Crippen molar-refractivity contribution >= 4 is 28.9 Å². The summed E-state index contributed by atoms with van der Waals surface area (Å²) in [5.41, 5.74) is 4.53. The minimum atomic E-state index is 0.535. The zero-order chi connectivity index (χ0) is 14.1. The van der Waals surface area contributed by atoms with Crippen LogP contribution in [-0.4, -0.2) is 6.04 Å². The second-order valence-corrected chi connectivity index (χ2v) is 6.12. The predicted molar refractivity (Wildman–Crippen MR) is 87.9 cm³/mol. The van der Waals surface area contributed by atoms with Crippen LogP contribution in [0.5, 0.6) is 0 Å². The molecule has 1 nitrogen and oxygen atoms in total. The fraction of sp³-hybridized carbons (Fsp3) is 0.294. The molecule has 0 amide bonds. The number of hydrogen-bond acceptors (Lipinski definition) is 1. The fourth-order valence-electron chi connectivity index (χ4n) is 2.87. The van der Waals surface area contributed by atoms with Crippen LogP contribution in [0.3, 0.4) is 0 Å². The van der Waals surface area contributed by atoms with Crippen molar-refractivity contribution in [3.63, 3.8) is 0 Å². The van der Waals surface area contributed by atoms with Crippen LogP contribution in [0.4, 0.5) is 5.69 Å². The fourth-order valence-corrected chi connectivity index (χ4v) is 3.37. The van der Waals surface area contributed by atoms with Crippen LogP contribution < -0.4 is 5.32 Å². The van der Waals surface area contributed by atoms with Crippen molar-refractivity contribution in [1.82, 2.24) is 0 Å². The van der Waals surface area contributed by atoms with Crippen molar-refractivity contribution < 1.29 is 0 Å². The molecule has 3 rings (SSSR count). The number of benzene rings is 2. The van der Waals surface area contributed by atoms with Crippen molar-refractivity contribution in [3.8, 4) is 11.1 Å². The first-order valence-electron chi connectivity index (χ1n) is 7.03. The Morgan fingerprint density at radius 2 is 1.90 bits per heavy atom. The average molecular weight is 306 g/mol. The molecule has 1 unspecified atom stereocenters. The Kier molecular flexibility index (Phi) is 3.91. The molecule has 1 aliphatic rings. The molecule has 0 bridgehead atoms. The third kappa shape index (κ3) is 2.53. The largest absolute Gasteiger partial charge is 0.382 e. The molecule has 2 aromatic carbocycles. The van der Waals surface area contributed by atoms with E-state index in [1.165, 1.54) is 24.1 Å². The normalized spacial score (nSPS) is 16.9. The lowest BCUT2D eigenvalue weighted by Crippen LogP contribution is -2.14. The molecule has 0 aromatic heterocycles. The van der Waals surface area contributed by atoms with Gasteiger partial charge in [0.15, 0.2) is 0 Å². The van der Waals surface area contributed by atoms with E-state index in [4.69, 9.17) is 23.2 Å². The Bertz CT molecular complexity index is 637. The number of fused-ring (bicyclic) bond motifs is 1. The van der Waals surface area contributed by atoms with E-state index in [-0.39, 0.29) is 0 Å². The number of hydrogen-bond donors (Lipinski definition) is 1. The van der Waals surface area contributed by atoms with Crippen molar-refractivity contribution in [3.05, 3.63) is 52.0 Å². The summed E-state index contributed by atoms with van der Waals surface area (Å²) in [5, 5.41) is 5.04. The van der Waals surface area contributed by atoms with Crippen molar-refractivity contribution in [2.75, 3.05) is 5.32 Å². The molecule has 0 saturated carbocycles. The molecule has 2 aromatic rings. The lowest BCUT2D eigenvalue weighted by molar-refractivity contribution is 0.661. The van der Waals surface area contributed by atoms with Gasteiger partial charge in [0.05, 0.1) is 5.02 Å². The standard InChI is InChI=1S/C17H17Cl2N/c1-2-5-12-8-11-9-14(16(19)10-17(11)20-12)13-6-3-4-7-15(13)18/h3-4,6-7,9-10,12,20H,2,5,8H2,1H3. The van der Waals surface area contributed by atoms with E-state index in [1.807, 2.05) is 30.3 Å². The van der Waals surface area contributed by atoms with Gasteiger partial charge in [-0.15, -0.1) is 0 Å². The van der Waals surface area contributed by atoms with Gasteiger partial charge in [-0.2, -0.15) is 0 Å². The van der Waals surface area contributed by atoms with Gasteiger partial charge in [0.1, 0.15) is 0 Å². The number of rotatable bonds is 3. The molecule has 0 aliphatic carbocycles. The first-order valence-corrected chi connectivity index (χ1v) is 7.78. The van der Waals surface area contributed by atoms with E-state index >= 15 is 0 Å². The summed E-state index contributed by atoms with van der Waals surface area (Å²) in [4.78, 5) is 0. The monoisotopic (exact) mass is 305 g/mol. The lowest BCUT2D eigenvalue weighted by atomic mass is 10.00. The zero-order valence-corrected chi connectivity index (χ0v) is 12.9. The molecule has 0 radical (unpaired) electrons. The Hall–Kier alpha value is -1.18. The number of halogens is 2. The van der Waals surface area contributed by atoms with E-state index in [9.17, 15) is 0 Å². The van der Waals surface area contributed by atoms with E-state index < -0.39 is 0 Å². The Balaban J connectivity index is 2.00. The maximum atomic E-state index is 6.44. The van der Waals surface area contributed by atoms with Gasteiger partial charge in [-0.25, -0.2) is 0 Å². The first kappa shape index (κ1) is 13.8. The number of anilines is 1. The maximum absolute atomic E-state index is 6.44. The average Bonchev–Trinajstić information content (AvgIpc) is 2.80. The van der Waals surface area contributed by atoms with Crippen molar-refractivity contribution in [1.29, 1.82) is 0 Å². The summed E-state index contributed by atoms with van der Waals surface area (Å²) in [5.74, 6) is 0. The summed E-state index contributed by atoms with van der Waals surface area (Å²) in [7, 11) is 0. The summed E-state index contributed by atoms with van der Waals surface area (Å²) in [6, 6.07) is 12.6. The van der Waals surface area contributed by atoms with Crippen molar-refractivity contribution in [2.24, 2.45) is 0 Å². The van der Waals surface area contributed by atoms with Crippen LogP contribution in [0, 0.1) is 0 Å². The summed E-state index contributed by atoms with van der Waals surface area (Å²) < 4.78 is 0. The smallest absolute Gasteiger partial charge is 0.0505 e. The highest BCUT2D eigenvalue weighted by Crippen LogP contribution is 2.39. The minimum absolute atomic E-state index is 0.535. The Morgan fingerprint density at radius 3 is 2.65 bits per heavy atom. The molecule has 1 heterocycles. The molecule has 20 heavy (non-hydrogen) atoms. The van der Waals surface area contributed by atoms with E-state index in [2.05, 4.69) is 18.3 Å². The topological polar surface area (TPSA) is 12.0 Å². The van der Waals surface area contributed by atoms with Gasteiger partial charge in [-0.3, -0.25) is 0 Å². The van der Waals surface area contributed by atoms with Crippen LogP contribution in [0.25, 0.3) is 11.1 Å². The second-order valence-electron chi connectivity index (χ2n) is 5.30.